The van der Waals surface area contributed by atoms with Gasteiger partial charge < -0.3 is 113 Å². The van der Waals surface area contributed by atoms with E-state index in [1.807, 2.05) is 0 Å². The molecule has 0 radical (unpaired) electrons. The maximum absolute atomic E-state index is 15.0. The number of hydrogen-bond donors (Lipinski definition) is 12. The smallest absolute Gasteiger partial charge is 0.202 e. The molecule has 0 spiro atoms. The molecule has 2 aromatic rings. The van der Waals surface area contributed by atoms with Crippen molar-refractivity contribution in [2.45, 2.75) is 234 Å². The third-order valence-electron chi connectivity index (χ3n) is 15.6. The van der Waals surface area contributed by atoms with E-state index in [-0.39, 0.29) is 65.3 Å². The highest BCUT2D eigenvalue weighted by Crippen LogP contribution is 2.47. The summed E-state index contributed by atoms with van der Waals surface area (Å²) in [6.45, 7) is 10.4. The Labute approximate surface area is 437 Å². The van der Waals surface area contributed by atoms with Crippen molar-refractivity contribution >= 4 is 22.3 Å². The molecule has 25 heteroatoms. The standard InChI is InChI=1S/C51H74O25/c1-17-27(71-32-13-28(41(57)20(4)68-32)72-31-12-26(53)40(56)19(3)67-31)11-24-9-23-10-25(47(66-8)46(62)39(55)18(2)52)48(45(61)37(23)44(60)36(24)38(17)54)75-34-15-30(43(59)50(64)76-34)73-33-14-29(42(58)21(5)69-33)74-35-16-51(7,65)49(63)22(6)70-35/h9,11,18-22,25-26,28-35,39-43,47-50,52-60,63-65H,10,12-16H2,1-8H3. The van der Waals surface area contributed by atoms with Gasteiger partial charge in [-0.2, -0.15) is 0 Å². The predicted molar refractivity (Wildman–Crippen MR) is 255 cm³/mol. The third kappa shape index (κ3) is 11.9. The molecular formula is C51H74O25. The summed E-state index contributed by atoms with van der Waals surface area (Å²) in [6, 6.07) is 2.96. The average molecular weight is 1090 g/mol. The minimum atomic E-state index is -1.99. The van der Waals surface area contributed by atoms with Gasteiger partial charge in [-0.1, -0.05) is 0 Å². The third-order valence-corrected chi connectivity index (χ3v) is 15.6. The van der Waals surface area contributed by atoms with E-state index in [9.17, 15) is 70.9 Å². The number of phenols is 2. The van der Waals surface area contributed by atoms with Crippen molar-refractivity contribution in [2.75, 3.05) is 7.11 Å². The van der Waals surface area contributed by atoms with Crippen LogP contribution in [0.25, 0.3) is 10.8 Å². The van der Waals surface area contributed by atoms with Gasteiger partial charge in [-0.25, -0.2) is 0 Å². The van der Waals surface area contributed by atoms with E-state index in [4.69, 9.17) is 52.1 Å². The molecule has 12 N–H and O–H groups in total. The summed E-state index contributed by atoms with van der Waals surface area (Å²) in [5, 5.41) is 131. The molecule has 5 aliphatic heterocycles. The fraction of sp³-hybridized carbons (Fsp3) is 0.765. The maximum atomic E-state index is 15.0. The van der Waals surface area contributed by atoms with Crippen LogP contribution in [-0.2, 0) is 58.6 Å². The molecule has 0 saturated carbocycles. The van der Waals surface area contributed by atoms with Crippen molar-refractivity contribution < 1.29 is 123 Å². The van der Waals surface area contributed by atoms with E-state index in [1.165, 1.54) is 32.9 Å². The molecule has 2 aromatic carbocycles. The summed E-state index contributed by atoms with van der Waals surface area (Å²) in [5.74, 6) is -4.39. The first-order valence-corrected chi connectivity index (χ1v) is 25.7. The topological polar surface area (TPSA) is 378 Å². The molecule has 25 nitrogen and oxygen atoms in total. The highest BCUT2D eigenvalue weighted by Gasteiger charge is 2.52. The first kappa shape index (κ1) is 58.8. The van der Waals surface area contributed by atoms with Crippen LogP contribution in [0.4, 0.5) is 0 Å². The van der Waals surface area contributed by atoms with Crippen LogP contribution in [0.3, 0.4) is 0 Å². The molecule has 6 aliphatic rings. The number of Topliss-reactive ketones (excluding diaryl/α,β-unsaturated/α-hetero) is 2. The molecule has 0 bridgehead atoms. The van der Waals surface area contributed by atoms with Crippen LogP contribution in [-0.4, -0.2) is 227 Å². The number of phenolic OH excluding ortho intramolecular Hbond substituents is 2. The Bertz CT molecular complexity index is 2360. The summed E-state index contributed by atoms with van der Waals surface area (Å²) in [4.78, 5) is 28.8. The Balaban J connectivity index is 1.04. The van der Waals surface area contributed by atoms with Gasteiger partial charge in [0.1, 0.15) is 66.1 Å². The number of aromatic hydroxyl groups is 2. The van der Waals surface area contributed by atoms with E-state index in [0.717, 1.165) is 7.11 Å². The molecule has 5 fully saturated rings. The van der Waals surface area contributed by atoms with E-state index < -0.39 is 183 Å². The molecule has 8 rings (SSSR count). The molecular weight excluding hydrogens is 1010 g/mol. The molecule has 0 amide bonds. The van der Waals surface area contributed by atoms with Crippen molar-refractivity contribution in [1.82, 2.24) is 0 Å². The van der Waals surface area contributed by atoms with Crippen LogP contribution in [0.15, 0.2) is 12.1 Å². The van der Waals surface area contributed by atoms with Crippen molar-refractivity contribution in [3.05, 3.63) is 28.8 Å². The van der Waals surface area contributed by atoms with Gasteiger partial charge in [0.05, 0.1) is 71.5 Å². The number of benzene rings is 2. The van der Waals surface area contributed by atoms with Crippen molar-refractivity contribution in [3.63, 3.8) is 0 Å². The van der Waals surface area contributed by atoms with Crippen LogP contribution < -0.4 is 4.74 Å². The van der Waals surface area contributed by atoms with Gasteiger partial charge in [0.15, 0.2) is 43.0 Å². The molecule has 428 valence electrons. The molecule has 25 unspecified atom stereocenters. The summed E-state index contributed by atoms with van der Waals surface area (Å²) >= 11 is 0. The number of carbonyl (C=O) groups excluding carboxylic acids is 2. The summed E-state index contributed by atoms with van der Waals surface area (Å²) in [5.41, 5.74) is -1.64. The van der Waals surface area contributed by atoms with E-state index >= 15 is 0 Å². The molecule has 5 heterocycles. The summed E-state index contributed by atoms with van der Waals surface area (Å²) < 4.78 is 65.5. The molecule has 76 heavy (non-hydrogen) atoms. The monoisotopic (exact) mass is 1090 g/mol. The Morgan fingerprint density at radius 1 is 0.697 bits per heavy atom. The first-order valence-electron chi connectivity index (χ1n) is 25.7. The number of carbonyl (C=O) groups is 2. The lowest BCUT2D eigenvalue weighted by Gasteiger charge is -2.46. The zero-order chi connectivity index (χ0) is 55.6. The number of fused-ring (bicyclic) bond motifs is 2. The number of ether oxygens (including phenoxy) is 11. The van der Waals surface area contributed by atoms with Crippen molar-refractivity contribution in [1.29, 1.82) is 0 Å². The van der Waals surface area contributed by atoms with Crippen molar-refractivity contribution in [2.24, 2.45) is 5.92 Å². The van der Waals surface area contributed by atoms with Crippen LogP contribution in [0, 0.1) is 12.8 Å². The number of hydrogen-bond acceptors (Lipinski definition) is 25. The fourth-order valence-electron chi connectivity index (χ4n) is 11.1. The Kier molecular flexibility index (Phi) is 18.1. The summed E-state index contributed by atoms with van der Waals surface area (Å²) in [6.07, 6.45) is -30.0. The van der Waals surface area contributed by atoms with Crippen molar-refractivity contribution in [3.8, 4) is 17.2 Å². The van der Waals surface area contributed by atoms with Gasteiger partial charge in [-0.05, 0) is 78.0 Å². The molecule has 1 aliphatic carbocycles. The van der Waals surface area contributed by atoms with Gasteiger partial charge in [0.2, 0.25) is 6.29 Å². The second-order valence-electron chi connectivity index (χ2n) is 21.4. The summed E-state index contributed by atoms with van der Waals surface area (Å²) in [7, 11) is 1.14. The SMILES string of the molecule is COC(C(=O)C(O)C(C)O)C1Cc2cc3cc(OC4CC(OC5CC(O)C(O)C(C)O5)C(O)C(C)O4)c(C)c(O)c3c(O)c2C(=O)C1OC1CC(OC2CC(OC3CC(C)(O)C(O)C(C)O3)C(O)C(C)O2)C(O)C(O)O1. The van der Waals surface area contributed by atoms with E-state index in [0.29, 0.717) is 0 Å². The highest BCUT2D eigenvalue weighted by atomic mass is 16.8. The van der Waals surface area contributed by atoms with E-state index in [1.54, 1.807) is 27.7 Å². The predicted octanol–water partition coefficient (Wildman–Crippen LogP) is -1.32. The lowest BCUT2D eigenvalue weighted by molar-refractivity contribution is -0.351. The second-order valence-corrected chi connectivity index (χ2v) is 21.4. The minimum absolute atomic E-state index is 0.0521. The lowest BCUT2D eigenvalue weighted by atomic mass is 9.75. The molecule has 5 saturated heterocycles. The minimum Gasteiger partial charge on any atom is -0.507 e. The number of aliphatic hydroxyl groups is 10. The number of methoxy groups -OCH3 is 1. The Morgan fingerprint density at radius 2 is 1.22 bits per heavy atom. The first-order chi connectivity index (χ1) is 35.7. The zero-order valence-corrected chi connectivity index (χ0v) is 43.4. The number of aliphatic hydroxyl groups excluding tert-OH is 9. The van der Waals surface area contributed by atoms with Crippen LogP contribution >= 0.6 is 0 Å². The van der Waals surface area contributed by atoms with Crippen LogP contribution in [0.1, 0.15) is 95.1 Å². The van der Waals surface area contributed by atoms with Gasteiger partial charge in [0, 0.05) is 50.7 Å². The zero-order valence-electron chi connectivity index (χ0n) is 43.4. The van der Waals surface area contributed by atoms with E-state index in [2.05, 4.69) is 0 Å². The number of rotatable bonds is 15. The maximum Gasteiger partial charge on any atom is 0.202 e. The molecule has 25 atom stereocenters. The highest BCUT2D eigenvalue weighted by molar-refractivity contribution is 6.11. The quantitative estimate of drug-likeness (QED) is 0.0984. The Morgan fingerprint density at radius 3 is 1.80 bits per heavy atom. The molecule has 0 aromatic heterocycles. The second kappa shape index (κ2) is 23.4. The van der Waals surface area contributed by atoms with Gasteiger partial charge >= 0.3 is 0 Å². The fourth-order valence-corrected chi connectivity index (χ4v) is 11.1. The van der Waals surface area contributed by atoms with Gasteiger partial charge in [-0.15, -0.1) is 0 Å². The van der Waals surface area contributed by atoms with Gasteiger partial charge in [0.25, 0.3) is 0 Å². The largest absolute Gasteiger partial charge is 0.507 e. The average Bonchev–Trinajstić information content (AvgIpc) is 3.38. The van der Waals surface area contributed by atoms with Crippen LogP contribution in [0.2, 0.25) is 0 Å². The number of ketones is 2. The Hall–Kier alpha value is -3.36. The lowest BCUT2D eigenvalue weighted by Crippen LogP contribution is -2.58. The van der Waals surface area contributed by atoms with Crippen LogP contribution in [0.5, 0.6) is 17.2 Å². The van der Waals surface area contributed by atoms with Gasteiger partial charge in [-0.3, -0.25) is 9.59 Å². The normalized spacial score (nSPS) is 42.5.